The largest absolute Gasteiger partial charge is 0.419 e. The second kappa shape index (κ2) is 9.96. The molecule has 1 atom stereocenters. The lowest BCUT2D eigenvalue weighted by Crippen LogP contribution is -2.24. The van der Waals surface area contributed by atoms with E-state index in [0.29, 0.717) is 22.2 Å². The van der Waals surface area contributed by atoms with Crippen LogP contribution in [0.15, 0.2) is 23.4 Å². The number of hydrogen-bond donors (Lipinski definition) is 3. The van der Waals surface area contributed by atoms with Crippen LogP contribution in [0.3, 0.4) is 0 Å². The van der Waals surface area contributed by atoms with Crippen molar-refractivity contribution in [2.24, 2.45) is 0 Å². The summed E-state index contributed by atoms with van der Waals surface area (Å²) in [7, 11) is 0. The molecule has 4 N–H and O–H groups in total. The van der Waals surface area contributed by atoms with Gasteiger partial charge in [0.25, 0.3) is 0 Å². The van der Waals surface area contributed by atoms with E-state index < -0.39 is 17.6 Å². The van der Waals surface area contributed by atoms with Crippen LogP contribution in [0, 0.1) is 5.82 Å². The molecule has 2 aromatic heterocycles. The number of nitrogen functional groups attached to an aromatic ring is 1. The lowest BCUT2D eigenvalue weighted by atomic mass is 10.1. The molecule has 0 aliphatic carbocycles. The summed E-state index contributed by atoms with van der Waals surface area (Å²) < 4.78 is 53.8. The number of unbranched alkanes of at least 4 members (excludes halogenated alkanes) is 1. The molecule has 1 aromatic carbocycles. The van der Waals surface area contributed by atoms with E-state index in [9.17, 15) is 22.7 Å². The lowest BCUT2D eigenvalue weighted by molar-refractivity contribution is -0.140. The Morgan fingerprint density at radius 2 is 2.03 bits per heavy atom. The van der Waals surface area contributed by atoms with Crippen LogP contribution < -0.4 is 11.1 Å². The fourth-order valence-corrected chi connectivity index (χ4v) is 4.43. The van der Waals surface area contributed by atoms with E-state index in [1.165, 1.54) is 23.5 Å². The van der Waals surface area contributed by atoms with E-state index in [2.05, 4.69) is 20.3 Å². The van der Waals surface area contributed by atoms with Crippen molar-refractivity contribution in [2.45, 2.75) is 49.3 Å². The Balaban J connectivity index is 1.86. The maximum Gasteiger partial charge on any atom is 0.419 e. The molecule has 168 valence electrons. The number of thiazole rings is 1. The van der Waals surface area contributed by atoms with Gasteiger partial charge in [-0.25, -0.2) is 19.3 Å². The average molecular weight is 476 g/mol. The van der Waals surface area contributed by atoms with E-state index in [0.717, 1.165) is 31.0 Å². The van der Waals surface area contributed by atoms with Crippen LogP contribution in [0.2, 0.25) is 0 Å². The van der Waals surface area contributed by atoms with E-state index >= 15 is 0 Å². The second-order valence-corrected chi connectivity index (χ2v) is 8.76. The number of fused-ring (bicyclic) bond motifs is 1. The second-order valence-electron chi connectivity index (χ2n) is 6.79. The van der Waals surface area contributed by atoms with Crippen LogP contribution in [0.1, 0.15) is 37.3 Å². The molecule has 31 heavy (non-hydrogen) atoms. The standard InChI is InChI=1S/C19H21F4N5OS2/c1-2-3-6-11(8-29)25-15-14-16(26-17(24)31-14)28-18(27-15)30-9-10-5-4-7-12(13(10)20)19(21,22)23/h4-5,7,11,29H,2-3,6,8-9H2,1H3,(H3,24,25,26,27,28)/t11-/m1/s1. The van der Waals surface area contributed by atoms with Gasteiger partial charge in [-0.05, 0) is 18.1 Å². The van der Waals surface area contributed by atoms with Gasteiger partial charge >= 0.3 is 6.18 Å². The van der Waals surface area contributed by atoms with Crippen molar-refractivity contribution in [3.8, 4) is 0 Å². The van der Waals surface area contributed by atoms with Crippen LogP contribution in [0.4, 0.5) is 28.5 Å². The molecule has 0 unspecified atom stereocenters. The predicted octanol–water partition coefficient (Wildman–Crippen LogP) is 5.08. The van der Waals surface area contributed by atoms with Gasteiger partial charge in [-0.15, -0.1) is 0 Å². The number of nitrogens with two attached hydrogens (primary N) is 1. The van der Waals surface area contributed by atoms with Crippen molar-refractivity contribution in [1.82, 2.24) is 15.0 Å². The number of nitrogens with zero attached hydrogens (tertiary/aromatic N) is 3. The molecule has 0 aliphatic rings. The molecule has 0 saturated carbocycles. The van der Waals surface area contributed by atoms with Gasteiger partial charge in [-0.2, -0.15) is 13.2 Å². The number of rotatable bonds is 9. The van der Waals surface area contributed by atoms with Crippen molar-refractivity contribution in [3.63, 3.8) is 0 Å². The third-order valence-corrected chi connectivity index (χ3v) is 6.23. The average Bonchev–Trinajstić information content (AvgIpc) is 3.09. The Hall–Kier alpha value is -2.18. The number of nitrogens with one attached hydrogen (secondary N) is 1. The van der Waals surface area contributed by atoms with Gasteiger partial charge in [0.2, 0.25) is 0 Å². The molecule has 0 bridgehead atoms. The highest BCUT2D eigenvalue weighted by molar-refractivity contribution is 7.98. The molecule has 3 rings (SSSR count). The minimum Gasteiger partial charge on any atom is -0.394 e. The van der Waals surface area contributed by atoms with E-state index in [1.54, 1.807) is 0 Å². The summed E-state index contributed by atoms with van der Waals surface area (Å²) in [5.74, 6) is -0.972. The highest BCUT2D eigenvalue weighted by Crippen LogP contribution is 2.35. The summed E-state index contributed by atoms with van der Waals surface area (Å²) in [4.78, 5) is 12.9. The maximum absolute atomic E-state index is 14.3. The van der Waals surface area contributed by atoms with Crippen LogP contribution in [0.25, 0.3) is 10.3 Å². The normalized spacial score (nSPS) is 13.0. The Kier molecular flexibility index (Phi) is 7.55. The third-order valence-electron chi connectivity index (χ3n) is 4.46. The zero-order valence-corrected chi connectivity index (χ0v) is 18.2. The predicted molar refractivity (Wildman–Crippen MR) is 115 cm³/mol. The number of alkyl halides is 3. The fourth-order valence-electron chi connectivity index (χ4n) is 2.89. The summed E-state index contributed by atoms with van der Waals surface area (Å²) >= 11 is 2.18. The summed E-state index contributed by atoms with van der Waals surface area (Å²) in [6, 6.07) is 2.93. The zero-order valence-electron chi connectivity index (χ0n) is 16.5. The maximum atomic E-state index is 14.3. The van der Waals surface area contributed by atoms with Crippen LogP contribution in [0.5, 0.6) is 0 Å². The first-order chi connectivity index (χ1) is 14.7. The Bertz CT molecular complexity index is 1040. The van der Waals surface area contributed by atoms with Crippen molar-refractivity contribution in [2.75, 3.05) is 17.7 Å². The molecule has 0 saturated heterocycles. The van der Waals surface area contributed by atoms with Gasteiger partial charge in [0.1, 0.15) is 10.5 Å². The molecule has 12 heteroatoms. The lowest BCUT2D eigenvalue weighted by Gasteiger charge is -2.17. The molecule has 2 heterocycles. The number of benzene rings is 1. The molecular formula is C19H21F4N5OS2. The number of thioether (sulfide) groups is 1. The highest BCUT2D eigenvalue weighted by atomic mass is 32.2. The number of aliphatic hydroxyl groups is 1. The third kappa shape index (κ3) is 5.74. The molecule has 0 radical (unpaired) electrons. The smallest absolute Gasteiger partial charge is 0.394 e. The number of aliphatic hydroxyl groups excluding tert-OH is 1. The number of aromatic nitrogens is 3. The first kappa shape index (κ1) is 23.5. The highest BCUT2D eigenvalue weighted by Gasteiger charge is 2.34. The molecule has 0 aliphatic heterocycles. The monoisotopic (exact) mass is 475 g/mol. The molecular weight excluding hydrogens is 454 g/mol. The van der Waals surface area contributed by atoms with Gasteiger partial charge < -0.3 is 16.2 Å². The minimum absolute atomic E-state index is 0.0976. The molecule has 6 nitrogen and oxygen atoms in total. The van der Waals surface area contributed by atoms with Crippen LogP contribution in [-0.2, 0) is 11.9 Å². The van der Waals surface area contributed by atoms with Crippen LogP contribution in [-0.4, -0.2) is 32.7 Å². The van der Waals surface area contributed by atoms with Gasteiger partial charge in [0, 0.05) is 5.75 Å². The minimum atomic E-state index is -4.77. The van der Waals surface area contributed by atoms with Crippen molar-refractivity contribution in [3.05, 3.63) is 35.1 Å². The number of halogens is 4. The first-order valence-corrected chi connectivity index (χ1v) is 11.3. The number of anilines is 2. The molecule has 0 amide bonds. The molecule has 0 spiro atoms. The van der Waals surface area contributed by atoms with Gasteiger partial charge in [-0.3, -0.25) is 0 Å². The van der Waals surface area contributed by atoms with Crippen molar-refractivity contribution < 1.29 is 22.7 Å². The van der Waals surface area contributed by atoms with E-state index in [1.807, 2.05) is 6.92 Å². The van der Waals surface area contributed by atoms with Gasteiger partial charge in [0.05, 0.1) is 18.2 Å². The van der Waals surface area contributed by atoms with Gasteiger partial charge in [-0.1, -0.05) is 55.0 Å². The van der Waals surface area contributed by atoms with Crippen molar-refractivity contribution in [1.29, 1.82) is 0 Å². The Labute approximate surface area is 184 Å². The van der Waals surface area contributed by atoms with Crippen molar-refractivity contribution >= 4 is 44.4 Å². The summed E-state index contributed by atoms with van der Waals surface area (Å²) in [6.45, 7) is 1.95. The topological polar surface area (TPSA) is 97.0 Å². The van der Waals surface area contributed by atoms with E-state index in [4.69, 9.17) is 5.73 Å². The molecule has 3 aromatic rings. The fraction of sp³-hybridized carbons (Fsp3) is 0.421. The summed E-state index contributed by atoms with van der Waals surface area (Å²) in [5.41, 5.74) is 4.72. The SMILES string of the molecule is CCCC[C@H](CO)Nc1nc(SCc2cccc(C(F)(F)F)c2F)nc2nc(N)sc12. The molecule has 0 fully saturated rings. The van der Waals surface area contributed by atoms with Crippen LogP contribution >= 0.6 is 23.1 Å². The summed E-state index contributed by atoms with van der Waals surface area (Å²) in [5, 5.41) is 13.3. The van der Waals surface area contributed by atoms with Gasteiger partial charge in [0.15, 0.2) is 21.8 Å². The zero-order chi connectivity index (χ0) is 22.6. The first-order valence-electron chi connectivity index (χ1n) is 9.51. The Morgan fingerprint density at radius 3 is 2.71 bits per heavy atom. The summed E-state index contributed by atoms with van der Waals surface area (Å²) in [6.07, 6.45) is -2.17. The quantitative estimate of drug-likeness (QED) is 0.226. The Morgan fingerprint density at radius 1 is 1.26 bits per heavy atom. The number of hydrogen-bond acceptors (Lipinski definition) is 8. The van der Waals surface area contributed by atoms with E-state index in [-0.39, 0.29) is 34.3 Å².